The second-order valence-corrected chi connectivity index (χ2v) is 4.75. The fraction of sp³-hybridized carbons (Fsp3) is 0.778. The fourth-order valence-electron chi connectivity index (χ4n) is 2.71. The summed E-state index contributed by atoms with van der Waals surface area (Å²) in [5, 5.41) is 3.77. The molecule has 2 unspecified atom stereocenters. The van der Waals surface area contributed by atoms with Crippen molar-refractivity contribution in [3.63, 3.8) is 0 Å². The topological polar surface area (TPSA) is 38.9 Å². The van der Waals surface area contributed by atoms with Crippen molar-refractivity contribution < 1.29 is 4.52 Å². The van der Waals surface area contributed by atoms with Crippen LogP contribution in [-0.2, 0) is 0 Å². The summed E-state index contributed by atoms with van der Waals surface area (Å²) >= 11 is 3.21. The molecule has 0 radical (unpaired) electrons. The summed E-state index contributed by atoms with van der Waals surface area (Å²) in [4.78, 5) is 4.24. The van der Waals surface area contributed by atoms with E-state index in [9.17, 15) is 0 Å². The zero-order valence-electron chi connectivity index (χ0n) is 7.24. The normalized spacial score (nSPS) is 37.2. The monoisotopic (exact) mass is 242 g/mol. The van der Waals surface area contributed by atoms with Crippen LogP contribution in [0, 0.1) is 11.8 Å². The van der Waals surface area contributed by atoms with E-state index < -0.39 is 0 Å². The fourth-order valence-corrected chi connectivity index (χ4v) is 2.96. The third kappa shape index (κ3) is 1.23. The van der Waals surface area contributed by atoms with Gasteiger partial charge in [0, 0.05) is 5.92 Å². The molecule has 0 bridgehead atoms. The van der Waals surface area contributed by atoms with E-state index in [1.165, 1.54) is 25.7 Å². The van der Waals surface area contributed by atoms with Gasteiger partial charge in [-0.3, -0.25) is 0 Å². The summed E-state index contributed by atoms with van der Waals surface area (Å²) in [6, 6.07) is 0. The lowest BCUT2D eigenvalue weighted by Gasteiger charge is -2.04. The summed E-state index contributed by atoms with van der Waals surface area (Å²) in [6.45, 7) is 0. The molecule has 4 heteroatoms. The van der Waals surface area contributed by atoms with Crippen molar-refractivity contribution in [1.82, 2.24) is 10.1 Å². The highest BCUT2D eigenvalue weighted by molar-refractivity contribution is 9.10. The number of rotatable bonds is 1. The van der Waals surface area contributed by atoms with Crippen LogP contribution in [0.1, 0.15) is 37.5 Å². The van der Waals surface area contributed by atoms with E-state index in [-0.39, 0.29) is 0 Å². The molecule has 2 fully saturated rings. The van der Waals surface area contributed by atoms with Gasteiger partial charge in [-0.2, -0.15) is 4.98 Å². The Hall–Kier alpha value is -0.380. The highest BCUT2D eigenvalue weighted by atomic mass is 79.9. The molecular weight excluding hydrogens is 232 g/mol. The molecule has 3 rings (SSSR count). The smallest absolute Gasteiger partial charge is 0.238 e. The minimum atomic E-state index is 0.585. The highest BCUT2D eigenvalue weighted by Crippen LogP contribution is 2.60. The second kappa shape index (κ2) is 2.80. The number of aromatic nitrogens is 2. The van der Waals surface area contributed by atoms with Gasteiger partial charge in [0.25, 0.3) is 0 Å². The molecule has 0 spiro atoms. The maximum absolute atomic E-state index is 5.17. The Labute approximate surface area is 85.0 Å². The number of nitrogens with zero attached hydrogens (tertiary/aromatic N) is 2. The van der Waals surface area contributed by atoms with Crippen molar-refractivity contribution >= 4 is 15.9 Å². The summed E-state index contributed by atoms with van der Waals surface area (Å²) < 4.78 is 5.76. The van der Waals surface area contributed by atoms with Gasteiger partial charge in [-0.25, -0.2) is 0 Å². The molecule has 0 N–H and O–H groups in total. The number of hydrogen-bond donors (Lipinski definition) is 0. The van der Waals surface area contributed by atoms with Gasteiger partial charge >= 0.3 is 0 Å². The van der Waals surface area contributed by atoms with Crippen LogP contribution < -0.4 is 0 Å². The van der Waals surface area contributed by atoms with Crippen molar-refractivity contribution in [2.45, 2.75) is 31.6 Å². The molecule has 0 saturated heterocycles. The first-order valence-electron chi connectivity index (χ1n) is 4.85. The molecule has 1 heterocycles. The quantitative estimate of drug-likeness (QED) is 0.761. The zero-order valence-corrected chi connectivity index (χ0v) is 8.83. The van der Waals surface area contributed by atoms with Crippen LogP contribution >= 0.6 is 15.9 Å². The van der Waals surface area contributed by atoms with Crippen molar-refractivity contribution in [1.29, 1.82) is 0 Å². The van der Waals surface area contributed by atoms with Gasteiger partial charge in [0.2, 0.25) is 10.6 Å². The van der Waals surface area contributed by atoms with Crippen LogP contribution in [0.25, 0.3) is 0 Å². The van der Waals surface area contributed by atoms with Gasteiger partial charge in [-0.05, 0) is 45.8 Å². The Morgan fingerprint density at radius 3 is 2.46 bits per heavy atom. The van der Waals surface area contributed by atoms with Crippen LogP contribution in [0.5, 0.6) is 0 Å². The first-order valence-corrected chi connectivity index (χ1v) is 5.64. The van der Waals surface area contributed by atoms with Crippen molar-refractivity contribution in [2.75, 3.05) is 0 Å². The maximum atomic E-state index is 5.17. The molecule has 2 aliphatic carbocycles. The molecule has 13 heavy (non-hydrogen) atoms. The second-order valence-electron chi connectivity index (χ2n) is 4.04. The number of hydrogen-bond acceptors (Lipinski definition) is 3. The predicted molar refractivity (Wildman–Crippen MR) is 50.2 cm³/mol. The van der Waals surface area contributed by atoms with Gasteiger partial charge < -0.3 is 4.52 Å². The molecule has 0 aliphatic heterocycles. The van der Waals surface area contributed by atoms with E-state index in [1.54, 1.807) is 0 Å². The Balaban J connectivity index is 1.81. The zero-order chi connectivity index (χ0) is 8.84. The van der Waals surface area contributed by atoms with Gasteiger partial charge in [-0.1, -0.05) is 12.8 Å². The Bertz CT molecular complexity index is 313. The molecule has 1 aromatic heterocycles. The molecule has 3 nitrogen and oxygen atoms in total. The van der Waals surface area contributed by atoms with Crippen LogP contribution in [-0.4, -0.2) is 10.1 Å². The van der Waals surface area contributed by atoms with Gasteiger partial charge in [-0.15, -0.1) is 0 Å². The number of fused-ring (bicyclic) bond motifs is 1. The summed E-state index contributed by atoms with van der Waals surface area (Å²) in [5.74, 6) is 3.13. The van der Waals surface area contributed by atoms with E-state index in [2.05, 4.69) is 26.1 Å². The highest BCUT2D eigenvalue weighted by Gasteiger charge is 2.54. The average Bonchev–Trinajstić information content (AvgIpc) is 2.73. The first kappa shape index (κ1) is 7.97. The summed E-state index contributed by atoms with van der Waals surface area (Å²) in [6.07, 6.45) is 5.48. The molecular formula is C9H11BrN2O. The molecule has 70 valence electrons. The Morgan fingerprint density at radius 1 is 1.23 bits per heavy atom. The standard InChI is InChI=1S/C9H11BrN2O/c10-9-11-8(13-12-9)7-5-3-1-2-4-6(5)7/h5-7H,1-4H2. The molecule has 2 atom stereocenters. The Morgan fingerprint density at radius 2 is 1.92 bits per heavy atom. The molecule has 0 amide bonds. The predicted octanol–water partition coefficient (Wildman–Crippen LogP) is 2.74. The molecule has 2 aliphatic rings. The van der Waals surface area contributed by atoms with Crippen LogP contribution in [0.4, 0.5) is 0 Å². The number of halogens is 1. The third-order valence-corrected chi connectivity index (χ3v) is 3.68. The lowest BCUT2D eigenvalue weighted by molar-refractivity contribution is 0.370. The van der Waals surface area contributed by atoms with Gasteiger partial charge in [0.1, 0.15) is 0 Å². The lowest BCUT2D eigenvalue weighted by Crippen LogP contribution is -1.91. The minimum absolute atomic E-state index is 0.585. The average molecular weight is 243 g/mol. The summed E-state index contributed by atoms with van der Waals surface area (Å²) in [7, 11) is 0. The minimum Gasteiger partial charge on any atom is -0.338 e. The van der Waals surface area contributed by atoms with Crippen molar-refractivity contribution in [2.24, 2.45) is 11.8 Å². The SMILES string of the molecule is Brc1noc(C2C3CCCCC32)n1. The molecule has 1 aromatic rings. The first-order chi connectivity index (χ1) is 6.36. The third-order valence-electron chi connectivity index (χ3n) is 3.36. The van der Waals surface area contributed by atoms with E-state index >= 15 is 0 Å². The van der Waals surface area contributed by atoms with Crippen molar-refractivity contribution in [3.8, 4) is 0 Å². The van der Waals surface area contributed by atoms with Gasteiger partial charge in [0.05, 0.1) is 0 Å². The van der Waals surface area contributed by atoms with E-state index in [1.807, 2.05) is 0 Å². The van der Waals surface area contributed by atoms with Crippen molar-refractivity contribution in [3.05, 3.63) is 10.6 Å². The lowest BCUT2D eigenvalue weighted by atomic mass is 10.0. The molecule has 0 aromatic carbocycles. The largest absolute Gasteiger partial charge is 0.338 e. The molecule has 2 saturated carbocycles. The van der Waals surface area contributed by atoms with E-state index in [0.717, 1.165) is 17.7 Å². The van der Waals surface area contributed by atoms with E-state index in [4.69, 9.17) is 4.52 Å². The summed E-state index contributed by atoms with van der Waals surface area (Å²) in [5.41, 5.74) is 0. The Kier molecular flexibility index (Phi) is 1.72. The van der Waals surface area contributed by atoms with Crippen LogP contribution in [0.3, 0.4) is 0 Å². The van der Waals surface area contributed by atoms with Gasteiger partial charge in [0.15, 0.2) is 0 Å². The van der Waals surface area contributed by atoms with E-state index in [0.29, 0.717) is 10.7 Å². The van der Waals surface area contributed by atoms with Crippen LogP contribution in [0.2, 0.25) is 0 Å². The maximum Gasteiger partial charge on any atom is 0.238 e. The van der Waals surface area contributed by atoms with Crippen LogP contribution in [0.15, 0.2) is 9.26 Å².